The number of aryl methyl sites for hydroxylation is 1. The van der Waals surface area contributed by atoms with Crippen LogP contribution in [-0.2, 0) is 12.8 Å². The predicted octanol–water partition coefficient (Wildman–Crippen LogP) is 2.97. The van der Waals surface area contributed by atoms with E-state index in [-0.39, 0.29) is 5.91 Å². The molecule has 2 aromatic carbocycles. The van der Waals surface area contributed by atoms with Crippen LogP contribution in [0, 0.1) is 0 Å². The molecular weight excluding hydrogens is 384 g/mol. The summed E-state index contributed by atoms with van der Waals surface area (Å²) >= 11 is 0. The van der Waals surface area contributed by atoms with Gasteiger partial charge in [0.1, 0.15) is 5.69 Å². The van der Waals surface area contributed by atoms with Crippen LogP contribution < -0.4 is 19.6 Å². The molecule has 0 aliphatic heterocycles. The van der Waals surface area contributed by atoms with Crippen LogP contribution in [0.4, 0.5) is 0 Å². The molecule has 0 fully saturated rings. The lowest BCUT2D eigenvalue weighted by atomic mass is 9.89. The number of aromatic nitrogens is 2. The molecule has 154 valence electrons. The Labute approximate surface area is 173 Å². The van der Waals surface area contributed by atoms with Crippen molar-refractivity contribution in [3.05, 3.63) is 58.8 Å². The number of ether oxygens (including phenoxy) is 3. The molecular formula is C22H22N4O4. The zero-order valence-corrected chi connectivity index (χ0v) is 17.0. The second-order valence-electron chi connectivity index (χ2n) is 6.74. The fourth-order valence-corrected chi connectivity index (χ4v) is 3.65. The molecule has 1 heterocycles. The largest absolute Gasteiger partial charge is 0.493 e. The van der Waals surface area contributed by atoms with E-state index < -0.39 is 0 Å². The maximum Gasteiger partial charge on any atom is 0.289 e. The Bertz CT molecular complexity index is 1100. The van der Waals surface area contributed by atoms with Crippen LogP contribution in [0.3, 0.4) is 0 Å². The van der Waals surface area contributed by atoms with Crippen LogP contribution in [0.1, 0.15) is 27.2 Å². The van der Waals surface area contributed by atoms with E-state index in [1.54, 1.807) is 26.4 Å². The summed E-state index contributed by atoms with van der Waals surface area (Å²) in [6, 6.07) is 11.6. The number of nitrogens with one attached hydrogen (secondary N) is 2. The smallest absolute Gasteiger partial charge is 0.289 e. The number of rotatable bonds is 6. The summed E-state index contributed by atoms with van der Waals surface area (Å²) < 4.78 is 16.0. The highest BCUT2D eigenvalue weighted by atomic mass is 16.5. The van der Waals surface area contributed by atoms with Crippen molar-refractivity contribution in [2.24, 2.45) is 5.10 Å². The molecule has 0 bridgehead atoms. The van der Waals surface area contributed by atoms with Gasteiger partial charge in [0, 0.05) is 16.7 Å². The minimum Gasteiger partial charge on any atom is -0.493 e. The van der Waals surface area contributed by atoms with Crippen molar-refractivity contribution in [2.45, 2.75) is 12.8 Å². The third-order valence-electron chi connectivity index (χ3n) is 5.08. The minimum absolute atomic E-state index is 0.341. The number of hydrogen-bond donors (Lipinski definition) is 2. The van der Waals surface area contributed by atoms with Crippen LogP contribution in [0.5, 0.6) is 17.2 Å². The fourth-order valence-electron chi connectivity index (χ4n) is 3.65. The van der Waals surface area contributed by atoms with E-state index in [0.29, 0.717) is 28.5 Å². The topological polar surface area (TPSA) is 97.8 Å². The highest BCUT2D eigenvalue weighted by Gasteiger charge is 2.24. The highest BCUT2D eigenvalue weighted by Crippen LogP contribution is 2.37. The number of nitrogens with zero attached hydrogens (tertiary/aromatic N) is 2. The molecule has 4 rings (SSSR count). The van der Waals surface area contributed by atoms with Gasteiger partial charge in [-0.2, -0.15) is 10.2 Å². The number of benzene rings is 2. The standard InChI is InChI=1S/C22H22N4O4/c1-28-17-10-13(11-18(29-2)21(17)30-3)12-23-26-22(27)20-16-9-8-14-6-4-5-7-15(14)19(16)24-25-20/h4-7,10-12H,8-9H2,1-3H3,(H,24,25)(H,26,27)/b23-12-. The Morgan fingerprint density at radius 2 is 1.83 bits per heavy atom. The summed E-state index contributed by atoms with van der Waals surface area (Å²) in [5.41, 5.74) is 7.72. The second kappa shape index (κ2) is 8.28. The van der Waals surface area contributed by atoms with Crippen molar-refractivity contribution >= 4 is 12.1 Å². The number of methoxy groups -OCH3 is 3. The van der Waals surface area contributed by atoms with Gasteiger partial charge in [-0.1, -0.05) is 24.3 Å². The number of fused-ring (bicyclic) bond motifs is 3. The van der Waals surface area contributed by atoms with Crippen molar-refractivity contribution < 1.29 is 19.0 Å². The first-order valence-corrected chi connectivity index (χ1v) is 9.45. The monoisotopic (exact) mass is 406 g/mol. The fraction of sp³-hybridized carbons (Fsp3) is 0.227. The van der Waals surface area contributed by atoms with Crippen molar-refractivity contribution in [3.63, 3.8) is 0 Å². The Balaban J connectivity index is 1.53. The molecule has 8 heteroatoms. The molecule has 0 atom stereocenters. The van der Waals surface area contributed by atoms with Gasteiger partial charge >= 0.3 is 0 Å². The van der Waals surface area contributed by atoms with E-state index in [1.165, 1.54) is 18.9 Å². The zero-order chi connectivity index (χ0) is 21.1. The van der Waals surface area contributed by atoms with E-state index in [4.69, 9.17) is 14.2 Å². The lowest BCUT2D eigenvalue weighted by molar-refractivity contribution is 0.0949. The van der Waals surface area contributed by atoms with Gasteiger partial charge in [-0.15, -0.1) is 0 Å². The molecule has 0 radical (unpaired) electrons. The number of carbonyl (C=O) groups excluding carboxylic acids is 1. The summed E-state index contributed by atoms with van der Waals surface area (Å²) in [4.78, 5) is 12.7. The minimum atomic E-state index is -0.341. The van der Waals surface area contributed by atoms with Crippen molar-refractivity contribution in [1.29, 1.82) is 0 Å². The molecule has 1 aliphatic rings. The Morgan fingerprint density at radius 1 is 1.10 bits per heavy atom. The number of carbonyl (C=O) groups is 1. The maximum atomic E-state index is 12.7. The van der Waals surface area contributed by atoms with Crippen molar-refractivity contribution in [2.75, 3.05) is 21.3 Å². The van der Waals surface area contributed by atoms with E-state index in [0.717, 1.165) is 29.7 Å². The number of aromatic amines is 1. The summed E-state index contributed by atoms with van der Waals surface area (Å²) in [6.07, 6.45) is 3.14. The number of amides is 1. The lowest BCUT2D eigenvalue weighted by Crippen LogP contribution is -2.20. The normalized spacial score (nSPS) is 12.2. The third-order valence-corrected chi connectivity index (χ3v) is 5.08. The molecule has 0 saturated heterocycles. The molecule has 1 aromatic heterocycles. The van der Waals surface area contributed by atoms with Gasteiger partial charge in [0.25, 0.3) is 5.91 Å². The van der Waals surface area contributed by atoms with E-state index >= 15 is 0 Å². The SMILES string of the molecule is COc1cc(/C=N\NC(=O)c2[nH]nc3c2CCc2ccccc2-3)cc(OC)c1OC. The quantitative estimate of drug-likeness (QED) is 0.485. The molecule has 1 amide bonds. The highest BCUT2D eigenvalue weighted by molar-refractivity contribution is 5.96. The van der Waals surface area contributed by atoms with Crippen LogP contribution in [0.2, 0.25) is 0 Å². The Hall–Kier alpha value is -3.81. The first-order valence-electron chi connectivity index (χ1n) is 9.45. The van der Waals surface area contributed by atoms with Gasteiger partial charge in [0.05, 0.1) is 33.2 Å². The van der Waals surface area contributed by atoms with E-state index in [9.17, 15) is 4.79 Å². The molecule has 2 N–H and O–H groups in total. The van der Waals surface area contributed by atoms with Crippen LogP contribution >= 0.6 is 0 Å². The average Bonchev–Trinajstić information content (AvgIpc) is 3.23. The maximum absolute atomic E-state index is 12.7. The van der Waals surface area contributed by atoms with Gasteiger partial charge in [0.2, 0.25) is 5.75 Å². The first kappa shape index (κ1) is 19.5. The van der Waals surface area contributed by atoms with Gasteiger partial charge in [-0.25, -0.2) is 5.43 Å². The number of H-pyrrole nitrogens is 1. The summed E-state index contributed by atoms with van der Waals surface area (Å²) in [7, 11) is 4.62. The summed E-state index contributed by atoms with van der Waals surface area (Å²) in [6.45, 7) is 0. The second-order valence-corrected chi connectivity index (χ2v) is 6.74. The van der Waals surface area contributed by atoms with Gasteiger partial charge in [-0.3, -0.25) is 9.89 Å². The molecule has 0 saturated carbocycles. The number of hydrogen-bond acceptors (Lipinski definition) is 6. The molecule has 8 nitrogen and oxygen atoms in total. The molecule has 0 unspecified atom stereocenters. The predicted molar refractivity (Wildman–Crippen MR) is 113 cm³/mol. The Morgan fingerprint density at radius 3 is 2.53 bits per heavy atom. The first-order chi connectivity index (χ1) is 14.7. The van der Waals surface area contributed by atoms with E-state index in [1.807, 2.05) is 18.2 Å². The van der Waals surface area contributed by atoms with Gasteiger partial charge in [-0.05, 0) is 30.5 Å². The van der Waals surface area contributed by atoms with Gasteiger partial charge < -0.3 is 14.2 Å². The lowest BCUT2D eigenvalue weighted by Gasteiger charge is -2.15. The summed E-state index contributed by atoms with van der Waals surface area (Å²) in [5.74, 6) is 1.16. The average molecular weight is 406 g/mol. The zero-order valence-electron chi connectivity index (χ0n) is 17.0. The molecule has 3 aromatic rings. The molecule has 1 aliphatic carbocycles. The van der Waals surface area contributed by atoms with Gasteiger partial charge in [0.15, 0.2) is 11.5 Å². The van der Waals surface area contributed by atoms with Crippen LogP contribution in [0.15, 0.2) is 41.5 Å². The third kappa shape index (κ3) is 3.47. The van der Waals surface area contributed by atoms with Crippen molar-refractivity contribution in [1.82, 2.24) is 15.6 Å². The molecule has 0 spiro atoms. The summed E-state index contributed by atoms with van der Waals surface area (Å²) in [5, 5.41) is 11.3. The van der Waals surface area contributed by atoms with Crippen LogP contribution in [0.25, 0.3) is 11.3 Å². The molecule has 30 heavy (non-hydrogen) atoms. The van der Waals surface area contributed by atoms with Crippen LogP contribution in [-0.4, -0.2) is 43.6 Å². The van der Waals surface area contributed by atoms with Crippen molar-refractivity contribution in [3.8, 4) is 28.5 Å². The Kier molecular flexibility index (Phi) is 5.38. The number of hydrazone groups is 1. The van der Waals surface area contributed by atoms with E-state index in [2.05, 4.69) is 26.8 Å².